The van der Waals surface area contributed by atoms with Crippen molar-refractivity contribution in [1.82, 2.24) is 9.55 Å². The number of aromatic nitrogens is 2. The third-order valence-corrected chi connectivity index (χ3v) is 8.37. The molecule has 0 bridgehead atoms. The quantitative estimate of drug-likeness (QED) is 0.237. The van der Waals surface area contributed by atoms with E-state index >= 15 is 0 Å². The summed E-state index contributed by atoms with van der Waals surface area (Å²) < 4.78 is 29.8. The van der Waals surface area contributed by atoms with E-state index in [1.165, 1.54) is 24.4 Å². The highest BCUT2D eigenvalue weighted by Crippen LogP contribution is 2.57. The Morgan fingerprint density at radius 1 is 1.24 bits per heavy atom. The molecule has 5 rings (SSSR count). The molecule has 0 saturated carbocycles. The maximum absolute atomic E-state index is 12.7. The average Bonchev–Trinajstić information content (AvgIpc) is 3.21. The van der Waals surface area contributed by atoms with Crippen molar-refractivity contribution in [2.45, 2.75) is 31.0 Å². The van der Waals surface area contributed by atoms with Crippen LogP contribution < -0.4 is 15.0 Å². The van der Waals surface area contributed by atoms with Gasteiger partial charge in [0.15, 0.2) is 6.23 Å². The highest BCUT2D eigenvalue weighted by Gasteiger charge is 2.52. The van der Waals surface area contributed by atoms with E-state index in [0.717, 1.165) is 10.1 Å². The zero-order valence-electron chi connectivity index (χ0n) is 19.5. The van der Waals surface area contributed by atoms with Crippen molar-refractivity contribution >= 4 is 35.8 Å². The minimum atomic E-state index is -3.30. The number of non-ortho nitro benzene ring substituents is 1. The summed E-state index contributed by atoms with van der Waals surface area (Å²) in [5.41, 5.74) is 0.130. The van der Waals surface area contributed by atoms with Crippen LogP contribution in [0.5, 0.6) is 11.6 Å². The SMILES string of the molecule is O=c1nc(OCCc2ccc([N+](=O)[O-])cc2)ccn1[C@@H]1O[C@@H]2COP(=S)(Oc3ccccc3Cl)OC2C1O. The molecule has 0 spiro atoms. The summed E-state index contributed by atoms with van der Waals surface area (Å²) in [4.78, 5) is 26.9. The van der Waals surface area contributed by atoms with Gasteiger partial charge >= 0.3 is 12.4 Å². The van der Waals surface area contributed by atoms with E-state index in [-0.39, 0.29) is 24.8 Å². The van der Waals surface area contributed by atoms with Crippen LogP contribution in [0.25, 0.3) is 0 Å². The first-order chi connectivity index (χ1) is 18.2. The lowest BCUT2D eigenvalue weighted by atomic mass is 10.1. The minimum Gasteiger partial charge on any atom is -0.477 e. The van der Waals surface area contributed by atoms with Gasteiger partial charge < -0.3 is 19.1 Å². The van der Waals surface area contributed by atoms with Crippen LogP contribution in [-0.4, -0.2) is 51.1 Å². The lowest BCUT2D eigenvalue weighted by Crippen LogP contribution is -2.40. The lowest BCUT2D eigenvalue weighted by Gasteiger charge is -2.33. The number of nitro benzene ring substituents is 1. The van der Waals surface area contributed by atoms with Gasteiger partial charge in [-0.05, 0) is 17.7 Å². The van der Waals surface area contributed by atoms with Crippen molar-refractivity contribution in [2.24, 2.45) is 0 Å². The number of rotatable bonds is 8. The second kappa shape index (κ2) is 11.1. The predicted octanol–water partition coefficient (Wildman–Crippen LogP) is 3.40. The normalized spacial score (nSPS) is 26.5. The Kier molecular flexibility index (Phi) is 7.78. The molecular weight excluding hydrogens is 561 g/mol. The maximum Gasteiger partial charge on any atom is 0.381 e. The summed E-state index contributed by atoms with van der Waals surface area (Å²) in [6, 6.07) is 14.3. The van der Waals surface area contributed by atoms with Gasteiger partial charge in [0.05, 0.1) is 23.2 Å². The second-order valence-corrected chi connectivity index (χ2v) is 11.7. The molecule has 3 unspecified atom stereocenters. The first kappa shape index (κ1) is 26.7. The number of ether oxygens (including phenoxy) is 2. The zero-order chi connectivity index (χ0) is 26.9. The molecule has 200 valence electrons. The highest BCUT2D eigenvalue weighted by atomic mass is 35.5. The van der Waals surface area contributed by atoms with Crippen LogP contribution >= 0.6 is 18.3 Å². The smallest absolute Gasteiger partial charge is 0.381 e. The third-order valence-electron chi connectivity index (χ3n) is 5.87. The first-order valence-electron chi connectivity index (χ1n) is 11.4. The molecule has 2 aliphatic rings. The molecule has 0 aliphatic carbocycles. The largest absolute Gasteiger partial charge is 0.477 e. The van der Waals surface area contributed by atoms with Crippen molar-refractivity contribution < 1.29 is 33.1 Å². The van der Waals surface area contributed by atoms with E-state index in [1.54, 1.807) is 36.4 Å². The number of nitrogens with zero attached hydrogens (tertiary/aromatic N) is 3. The molecule has 2 fully saturated rings. The topological polar surface area (TPSA) is 144 Å². The van der Waals surface area contributed by atoms with Gasteiger partial charge in [-0.2, -0.15) is 4.98 Å². The van der Waals surface area contributed by atoms with Gasteiger partial charge in [-0.25, -0.2) is 4.79 Å². The number of aliphatic hydroxyl groups excluding tert-OH is 1. The first-order valence-corrected chi connectivity index (χ1v) is 14.3. The molecule has 5 atom stereocenters. The minimum absolute atomic E-state index is 0.00135. The number of hydrogen-bond donors (Lipinski definition) is 1. The summed E-state index contributed by atoms with van der Waals surface area (Å²) in [5, 5.41) is 22.0. The Morgan fingerprint density at radius 3 is 2.71 bits per heavy atom. The molecule has 3 aromatic rings. The average molecular weight is 582 g/mol. The van der Waals surface area contributed by atoms with Crippen LogP contribution in [0.3, 0.4) is 0 Å². The molecule has 1 N–H and O–H groups in total. The fourth-order valence-corrected chi connectivity index (χ4v) is 6.37. The van der Waals surface area contributed by atoms with Crippen molar-refractivity contribution in [3.63, 3.8) is 0 Å². The standard InChI is InChI=1S/C23H21ClN3O9PS/c24-16-3-1-2-4-17(16)35-37(38)33-13-18-21(36-37)20(28)22(34-18)26-11-9-19(25-23(26)29)32-12-10-14-5-7-15(8-6-14)27(30)31/h1-9,11,18,20-22,28H,10,12-13H2/t18-,20?,21?,22-,37?/m1/s1. The maximum atomic E-state index is 12.7. The molecule has 12 nitrogen and oxygen atoms in total. The molecule has 2 aromatic carbocycles. The van der Waals surface area contributed by atoms with Gasteiger partial charge in [0.1, 0.15) is 24.1 Å². The molecule has 2 aliphatic heterocycles. The van der Waals surface area contributed by atoms with E-state index in [4.69, 9.17) is 46.5 Å². The molecule has 3 heterocycles. The fourth-order valence-electron chi connectivity index (χ4n) is 3.97. The molecular formula is C23H21ClN3O9PS. The number of para-hydroxylation sites is 1. The summed E-state index contributed by atoms with van der Waals surface area (Å²) in [6.07, 6.45) is -2.08. The van der Waals surface area contributed by atoms with E-state index in [9.17, 15) is 20.0 Å². The van der Waals surface area contributed by atoms with Crippen LogP contribution in [0.4, 0.5) is 5.69 Å². The predicted molar refractivity (Wildman–Crippen MR) is 138 cm³/mol. The molecule has 1 aromatic heterocycles. The van der Waals surface area contributed by atoms with Crippen LogP contribution in [-0.2, 0) is 32.0 Å². The van der Waals surface area contributed by atoms with E-state index < -0.39 is 41.9 Å². The molecule has 38 heavy (non-hydrogen) atoms. The Morgan fingerprint density at radius 2 is 2.00 bits per heavy atom. The number of halogens is 1. The van der Waals surface area contributed by atoms with Crippen LogP contribution in [0, 0.1) is 10.1 Å². The van der Waals surface area contributed by atoms with E-state index in [0.29, 0.717) is 17.2 Å². The van der Waals surface area contributed by atoms with Crippen molar-refractivity contribution in [1.29, 1.82) is 0 Å². The Hall–Kier alpha value is -2.90. The summed E-state index contributed by atoms with van der Waals surface area (Å²) >= 11 is 11.6. The highest BCUT2D eigenvalue weighted by molar-refractivity contribution is 8.07. The molecule has 15 heteroatoms. The Balaban J connectivity index is 1.21. The van der Waals surface area contributed by atoms with E-state index in [2.05, 4.69) is 4.98 Å². The summed E-state index contributed by atoms with van der Waals surface area (Å²) in [7, 11) is 0. The van der Waals surface area contributed by atoms with Crippen molar-refractivity contribution in [3.05, 3.63) is 92.0 Å². The van der Waals surface area contributed by atoms with Crippen LogP contribution in [0.1, 0.15) is 11.8 Å². The number of nitro groups is 1. The summed E-state index contributed by atoms with van der Waals surface area (Å²) in [5.74, 6) is 0.381. The van der Waals surface area contributed by atoms with Crippen molar-refractivity contribution in [2.75, 3.05) is 13.2 Å². The fraction of sp³-hybridized carbons (Fsp3) is 0.304. The Bertz CT molecular complexity index is 1440. The molecule has 0 radical (unpaired) electrons. The number of hydrogen-bond acceptors (Lipinski definition) is 11. The zero-order valence-corrected chi connectivity index (χ0v) is 22.0. The summed E-state index contributed by atoms with van der Waals surface area (Å²) in [6.45, 7) is -3.11. The van der Waals surface area contributed by atoms with E-state index in [1.807, 2.05) is 0 Å². The van der Waals surface area contributed by atoms with Gasteiger partial charge in [0.2, 0.25) is 5.88 Å². The van der Waals surface area contributed by atoms with Gasteiger partial charge in [0, 0.05) is 42.6 Å². The molecule has 2 saturated heterocycles. The van der Waals surface area contributed by atoms with Gasteiger partial charge in [-0.3, -0.25) is 23.7 Å². The number of benzene rings is 2. The molecule has 0 amide bonds. The van der Waals surface area contributed by atoms with Crippen LogP contribution in [0.15, 0.2) is 65.6 Å². The van der Waals surface area contributed by atoms with Crippen molar-refractivity contribution in [3.8, 4) is 11.6 Å². The van der Waals surface area contributed by atoms with Gasteiger partial charge in [-0.15, -0.1) is 0 Å². The lowest BCUT2D eigenvalue weighted by molar-refractivity contribution is -0.384. The second-order valence-electron chi connectivity index (χ2n) is 8.37. The van der Waals surface area contributed by atoms with Crippen LogP contribution in [0.2, 0.25) is 5.02 Å². The van der Waals surface area contributed by atoms with Gasteiger partial charge in [0.25, 0.3) is 5.69 Å². The number of aliphatic hydroxyl groups is 1. The van der Waals surface area contributed by atoms with Gasteiger partial charge in [-0.1, -0.05) is 35.9 Å². The Labute approximate surface area is 226 Å². The monoisotopic (exact) mass is 581 g/mol. The number of fused-ring (bicyclic) bond motifs is 1. The third kappa shape index (κ3) is 5.74.